The molecule has 5 heteroatoms. The van der Waals surface area contributed by atoms with Gasteiger partial charge in [-0.05, 0) is 18.6 Å². The standard InChI is InChI=1S/C14H18N4O/c1-3-13-10(9-18(2)17-13)8-16-14(19)11-6-4-5-7-12(11)15/h4-7,9H,3,8,15H2,1-2H3,(H,16,19). The Morgan fingerprint density at radius 3 is 2.84 bits per heavy atom. The molecule has 5 nitrogen and oxygen atoms in total. The van der Waals surface area contributed by atoms with Crippen molar-refractivity contribution in [3.05, 3.63) is 47.3 Å². The summed E-state index contributed by atoms with van der Waals surface area (Å²) in [6, 6.07) is 7.04. The molecule has 0 spiro atoms. The molecule has 0 saturated carbocycles. The lowest BCUT2D eigenvalue weighted by Crippen LogP contribution is -2.24. The van der Waals surface area contributed by atoms with Gasteiger partial charge in [0.15, 0.2) is 0 Å². The Balaban J connectivity index is 2.06. The Morgan fingerprint density at radius 2 is 2.16 bits per heavy atom. The van der Waals surface area contributed by atoms with Crippen LogP contribution in [0.4, 0.5) is 5.69 Å². The molecule has 0 aliphatic heterocycles. The van der Waals surface area contributed by atoms with Crippen molar-refractivity contribution in [1.82, 2.24) is 15.1 Å². The van der Waals surface area contributed by atoms with Crippen molar-refractivity contribution in [2.75, 3.05) is 5.73 Å². The number of aryl methyl sites for hydroxylation is 2. The van der Waals surface area contributed by atoms with Crippen LogP contribution in [0.25, 0.3) is 0 Å². The number of nitrogen functional groups attached to an aromatic ring is 1. The van der Waals surface area contributed by atoms with Crippen molar-refractivity contribution in [1.29, 1.82) is 0 Å². The van der Waals surface area contributed by atoms with Gasteiger partial charge in [-0.2, -0.15) is 5.10 Å². The molecule has 19 heavy (non-hydrogen) atoms. The summed E-state index contributed by atoms with van der Waals surface area (Å²) in [5.74, 6) is -0.163. The summed E-state index contributed by atoms with van der Waals surface area (Å²) >= 11 is 0. The van der Waals surface area contributed by atoms with Crippen LogP contribution < -0.4 is 11.1 Å². The molecule has 1 heterocycles. The van der Waals surface area contributed by atoms with Gasteiger partial charge in [-0.3, -0.25) is 9.48 Å². The number of nitrogens with one attached hydrogen (secondary N) is 1. The monoisotopic (exact) mass is 258 g/mol. The quantitative estimate of drug-likeness (QED) is 0.816. The Morgan fingerprint density at radius 1 is 1.42 bits per heavy atom. The van der Waals surface area contributed by atoms with E-state index < -0.39 is 0 Å². The molecule has 0 aliphatic rings. The van der Waals surface area contributed by atoms with Crippen LogP contribution in [-0.2, 0) is 20.0 Å². The number of amides is 1. The van der Waals surface area contributed by atoms with Gasteiger partial charge in [-0.15, -0.1) is 0 Å². The normalized spacial score (nSPS) is 10.4. The third kappa shape index (κ3) is 2.93. The number of benzene rings is 1. The van der Waals surface area contributed by atoms with Crippen molar-refractivity contribution in [3.63, 3.8) is 0 Å². The Hall–Kier alpha value is -2.30. The van der Waals surface area contributed by atoms with Crippen LogP contribution in [0, 0.1) is 0 Å². The first-order valence-corrected chi connectivity index (χ1v) is 6.26. The lowest BCUT2D eigenvalue weighted by molar-refractivity contribution is 0.0951. The number of carbonyl (C=O) groups is 1. The van der Waals surface area contributed by atoms with Gasteiger partial charge in [-0.25, -0.2) is 0 Å². The first-order valence-electron chi connectivity index (χ1n) is 6.26. The maximum absolute atomic E-state index is 12.0. The Kier molecular flexibility index (Phi) is 3.85. The average Bonchev–Trinajstić information content (AvgIpc) is 2.77. The number of nitrogens with two attached hydrogens (primary N) is 1. The fourth-order valence-electron chi connectivity index (χ4n) is 2.00. The highest BCUT2D eigenvalue weighted by Gasteiger charge is 2.11. The topological polar surface area (TPSA) is 72.9 Å². The highest BCUT2D eigenvalue weighted by atomic mass is 16.1. The molecule has 0 radical (unpaired) electrons. The van der Waals surface area contributed by atoms with Crippen molar-refractivity contribution < 1.29 is 4.79 Å². The minimum Gasteiger partial charge on any atom is -0.398 e. The van der Waals surface area contributed by atoms with E-state index in [1.165, 1.54) is 0 Å². The fourth-order valence-corrected chi connectivity index (χ4v) is 2.00. The zero-order valence-corrected chi connectivity index (χ0v) is 11.2. The zero-order chi connectivity index (χ0) is 13.8. The van der Waals surface area contributed by atoms with Crippen LogP contribution >= 0.6 is 0 Å². The number of hydrogen-bond donors (Lipinski definition) is 2. The maximum Gasteiger partial charge on any atom is 0.253 e. The van der Waals surface area contributed by atoms with E-state index in [-0.39, 0.29) is 5.91 Å². The highest BCUT2D eigenvalue weighted by molar-refractivity contribution is 5.98. The van der Waals surface area contributed by atoms with Crippen LogP contribution in [-0.4, -0.2) is 15.7 Å². The van der Waals surface area contributed by atoms with Crippen LogP contribution in [0.2, 0.25) is 0 Å². The molecule has 100 valence electrons. The minimum absolute atomic E-state index is 0.163. The number of anilines is 1. The lowest BCUT2D eigenvalue weighted by Gasteiger charge is -2.07. The predicted octanol–water partition coefficient (Wildman–Crippen LogP) is 1.49. The van der Waals surface area contributed by atoms with E-state index in [0.717, 1.165) is 17.7 Å². The smallest absolute Gasteiger partial charge is 0.253 e. The van der Waals surface area contributed by atoms with Gasteiger partial charge in [0.2, 0.25) is 0 Å². The number of para-hydroxylation sites is 1. The summed E-state index contributed by atoms with van der Waals surface area (Å²) in [5, 5.41) is 7.21. The molecule has 3 N–H and O–H groups in total. The number of carbonyl (C=O) groups excluding carboxylic acids is 1. The molecule has 0 saturated heterocycles. The molecule has 2 aromatic rings. The van der Waals surface area contributed by atoms with Gasteiger partial charge < -0.3 is 11.1 Å². The highest BCUT2D eigenvalue weighted by Crippen LogP contribution is 2.11. The third-order valence-corrected chi connectivity index (χ3v) is 2.97. The van der Waals surface area contributed by atoms with Gasteiger partial charge >= 0.3 is 0 Å². The van der Waals surface area contributed by atoms with Gasteiger partial charge in [0.25, 0.3) is 5.91 Å². The summed E-state index contributed by atoms with van der Waals surface area (Å²) in [5.41, 5.74) is 8.80. The van der Waals surface area contributed by atoms with E-state index >= 15 is 0 Å². The molecule has 0 unspecified atom stereocenters. The molecule has 0 fully saturated rings. The number of aromatic nitrogens is 2. The third-order valence-electron chi connectivity index (χ3n) is 2.97. The average molecular weight is 258 g/mol. The summed E-state index contributed by atoms with van der Waals surface area (Å²) in [6.45, 7) is 2.51. The second kappa shape index (κ2) is 5.56. The van der Waals surface area contributed by atoms with Crippen molar-refractivity contribution in [3.8, 4) is 0 Å². The fraction of sp³-hybridized carbons (Fsp3) is 0.286. The summed E-state index contributed by atoms with van der Waals surface area (Å²) < 4.78 is 1.76. The van der Waals surface area contributed by atoms with Crippen LogP contribution in [0.5, 0.6) is 0 Å². The van der Waals surface area contributed by atoms with E-state index in [4.69, 9.17) is 5.73 Å². The SMILES string of the molecule is CCc1nn(C)cc1CNC(=O)c1ccccc1N. The predicted molar refractivity (Wildman–Crippen MR) is 74.6 cm³/mol. The molecule has 1 aromatic carbocycles. The summed E-state index contributed by atoms with van der Waals surface area (Å²) in [4.78, 5) is 12.0. The van der Waals surface area contributed by atoms with E-state index in [9.17, 15) is 4.79 Å². The Bertz CT molecular complexity index is 589. The molecule has 0 bridgehead atoms. The molecule has 1 aromatic heterocycles. The van der Waals surface area contributed by atoms with Gasteiger partial charge in [0, 0.05) is 31.0 Å². The van der Waals surface area contributed by atoms with Gasteiger partial charge in [0.1, 0.15) is 0 Å². The first-order chi connectivity index (χ1) is 9.11. The summed E-state index contributed by atoms with van der Waals surface area (Å²) in [7, 11) is 1.87. The second-order valence-corrected chi connectivity index (χ2v) is 4.40. The molecule has 2 rings (SSSR count). The maximum atomic E-state index is 12.0. The molecular formula is C14H18N4O. The minimum atomic E-state index is -0.163. The molecule has 1 amide bonds. The largest absolute Gasteiger partial charge is 0.398 e. The first kappa shape index (κ1) is 13.1. The summed E-state index contributed by atoms with van der Waals surface area (Å²) in [6.07, 6.45) is 2.77. The Labute approximate surface area is 112 Å². The van der Waals surface area contributed by atoms with E-state index in [1.54, 1.807) is 22.9 Å². The lowest BCUT2D eigenvalue weighted by atomic mass is 10.1. The van der Waals surface area contributed by atoms with E-state index in [2.05, 4.69) is 10.4 Å². The number of hydrogen-bond acceptors (Lipinski definition) is 3. The number of rotatable bonds is 4. The van der Waals surface area contributed by atoms with Crippen LogP contribution in [0.3, 0.4) is 0 Å². The molecule has 0 aliphatic carbocycles. The zero-order valence-electron chi connectivity index (χ0n) is 11.2. The van der Waals surface area contributed by atoms with Crippen molar-refractivity contribution >= 4 is 11.6 Å². The van der Waals surface area contributed by atoms with E-state index in [0.29, 0.717) is 17.8 Å². The van der Waals surface area contributed by atoms with Gasteiger partial charge in [0.05, 0.1) is 11.3 Å². The number of nitrogens with zero attached hydrogens (tertiary/aromatic N) is 2. The van der Waals surface area contributed by atoms with Crippen molar-refractivity contribution in [2.45, 2.75) is 19.9 Å². The van der Waals surface area contributed by atoms with Crippen molar-refractivity contribution in [2.24, 2.45) is 7.05 Å². The van der Waals surface area contributed by atoms with Crippen LogP contribution in [0.15, 0.2) is 30.5 Å². The molecular weight excluding hydrogens is 240 g/mol. The van der Waals surface area contributed by atoms with E-state index in [1.807, 2.05) is 26.2 Å². The van der Waals surface area contributed by atoms with Crippen LogP contribution in [0.1, 0.15) is 28.5 Å². The van der Waals surface area contributed by atoms with Gasteiger partial charge in [-0.1, -0.05) is 19.1 Å². The second-order valence-electron chi connectivity index (χ2n) is 4.40. The molecule has 0 atom stereocenters.